The van der Waals surface area contributed by atoms with Crippen molar-refractivity contribution in [3.05, 3.63) is 59.4 Å². The molecule has 0 spiro atoms. The van der Waals surface area contributed by atoms with Crippen LogP contribution in [0.2, 0.25) is 5.02 Å². The highest BCUT2D eigenvalue weighted by Gasteiger charge is 2.22. The standard InChI is InChI=1S/C15H13ClN2O2S/c1-2-11-10-18(15-14(11)13(16)8-9-17-15)21(19,20)12-6-4-3-5-7-12/h3-10H,2H2,1H3. The van der Waals surface area contributed by atoms with Crippen LogP contribution in [0.1, 0.15) is 12.5 Å². The minimum absolute atomic E-state index is 0.228. The van der Waals surface area contributed by atoms with Crippen molar-refractivity contribution in [2.24, 2.45) is 0 Å². The van der Waals surface area contributed by atoms with Crippen molar-refractivity contribution >= 4 is 32.7 Å². The van der Waals surface area contributed by atoms with Crippen LogP contribution in [0.5, 0.6) is 0 Å². The van der Waals surface area contributed by atoms with Gasteiger partial charge in [0.25, 0.3) is 10.0 Å². The Hall–Kier alpha value is -1.85. The van der Waals surface area contributed by atoms with Gasteiger partial charge in [-0.25, -0.2) is 17.4 Å². The highest BCUT2D eigenvalue weighted by Crippen LogP contribution is 2.30. The first kappa shape index (κ1) is 14.1. The van der Waals surface area contributed by atoms with Gasteiger partial charge >= 0.3 is 0 Å². The Morgan fingerprint density at radius 1 is 1.19 bits per heavy atom. The highest BCUT2D eigenvalue weighted by atomic mass is 35.5. The fraction of sp³-hybridized carbons (Fsp3) is 0.133. The molecule has 0 aliphatic heterocycles. The summed E-state index contributed by atoms with van der Waals surface area (Å²) in [5, 5.41) is 1.21. The third-order valence-electron chi connectivity index (χ3n) is 3.36. The van der Waals surface area contributed by atoms with Crippen LogP contribution < -0.4 is 0 Å². The minimum Gasteiger partial charge on any atom is -0.237 e. The van der Waals surface area contributed by atoms with Crippen LogP contribution in [0.3, 0.4) is 0 Å². The molecule has 2 heterocycles. The largest absolute Gasteiger partial charge is 0.269 e. The average molecular weight is 321 g/mol. The number of benzene rings is 1. The maximum Gasteiger partial charge on any atom is 0.269 e. The molecule has 108 valence electrons. The SMILES string of the molecule is CCc1cn(S(=O)(=O)c2ccccc2)c2nccc(Cl)c12. The molecule has 0 atom stereocenters. The van der Waals surface area contributed by atoms with Gasteiger partial charge in [-0.2, -0.15) is 0 Å². The van der Waals surface area contributed by atoms with Crippen LogP contribution in [0.15, 0.2) is 53.7 Å². The quantitative estimate of drug-likeness (QED) is 0.742. The van der Waals surface area contributed by atoms with Gasteiger partial charge in [0.15, 0.2) is 5.65 Å². The van der Waals surface area contributed by atoms with Crippen LogP contribution in [-0.2, 0) is 16.4 Å². The summed E-state index contributed by atoms with van der Waals surface area (Å²) >= 11 is 6.20. The number of hydrogen-bond donors (Lipinski definition) is 0. The van der Waals surface area contributed by atoms with Gasteiger partial charge in [-0.3, -0.25) is 0 Å². The third kappa shape index (κ3) is 2.22. The summed E-state index contributed by atoms with van der Waals surface area (Å²) in [5.41, 5.74) is 1.23. The van der Waals surface area contributed by atoms with Gasteiger partial charge in [0.05, 0.1) is 9.92 Å². The van der Waals surface area contributed by atoms with Gasteiger partial charge in [0, 0.05) is 17.8 Å². The molecule has 0 radical (unpaired) electrons. The van der Waals surface area contributed by atoms with E-state index in [1.54, 1.807) is 42.6 Å². The first-order valence-electron chi connectivity index (χ1n) is 6.50. The van der Waals surface area contributed by atoms with Gasteiger partial charge in [0.1, 0.15) is 0 Å². The molecule has 0 N–H and O–H groups in total. The number of nitrogens with zero attached hydrogens (tertiary/aromatic N) is 2. The number of aromatic nitrogens is 2. The molecule has 0 amide bonds. The number of pyridine rings is 1. The smallest absolute Gasteiger partial charge is 0.237 e. The van der Waals surface area contributed by atoms with Crippen LogP contribution in [-0.4, -0.2) is 17.4 Å². The third-order valence-corrected chi connectivity index (χ3v) is 5.34. The van der Waals surface area contributed by atoms with Crippen molar-refractivity contribution in [1.82, 2.24) is 8.96 Å². The first-order valence-corrected chi connectivity index (χ1v) is 8.32. The Labute approximate surface area is 128 Å². The molecule has 0 aliphatic rings. The molecule has 6 heteroatoms. The Kier molecular flexibility index (Phi) is 3.47. The molecular weight excluding hydrogens is 308 g/mol. The maximum absolute atomic E-state index is 12.8. The van der Waals surface area contributed by atoms with Gasteiger partial charge in [0.2, 0.25) is 0 Å². The summed E-state index contributed by atoms with van der Waals surface area (Å²) in [5.74, 6) is 0. The lowest BCUT2D eigenvalue weighted by Gasteiger charge is -2.06. The van der Waals surface area contributed by atoms with Gasteiger partial charge in [-0.05, 0) is 30.2 Å². The van der Waals surface area contributed by atoms with E-state index in [-0.39, 0.29) is 4.90 Å². The topological polar surface area (TPSA) is 52.0 Å². The van der Waals surface area contributed by atoms with Crippen molar-refractivity contribution in [3.8, 4) is 0 Å². The summed E-state index contributed by atoms with van der Waals surface area (Å²) in [6.45, 7) is 1.96. The molecule has 2 aromatic heterocycles. The number of halogens is 1. The molecule has 0 saturated carbocycles. The molecule has 0 fully saturated rings. The molecular formula is C15H13ClN2O2S. The van der Waals surface area contributed by atoms with Crippen molar-refractivity contribution in [2.75, 3.05) is 0 Å². The lowest BCUT2D eigenvalue weighted by atomic mass is 10.2. The van der Waals surface area contributed by atoms with Crippen LogP contribution in [0.4, 0.5) is 0 Å². The van der Waals surface area contributed by atoms with E-state index in [2.05, 4.69) is 4.98 Å². The maximum atomic E-state index is 12.8. The fourth-order valence-electron chi connectivity index (χ4n) is 2.32. The van der Waals surface area contributed by atoms with Gasteiger partial charge in [-0.1, -0.05) is 36.7 Å². The van der Waals surface area contributed by atoms with Gasteiger partial charge in [-0.15, -0.1) is 0 Å². The van der Waals surface area contributed by atoms with E-state index in [9.17, 15) is 8.42 Å². The van der Waals surface area contributed by atoms with Crippen molar-refractivity contribution in [1.29, 1.82) is 0 Å². The van der Waals surface area contributed by atoms with Crippen LogP contribution in [0, 0.1) is 0 Å². The second-order valence-corrected chi connectivity index (χ2v) is 6.84. The average Bonchev–Trinajstić information content (AvgIpc) is 2.89. The van der Waals surface area contributed by atoms with E-state index in [1.807, 2.05) is 6.92 Å². The molecule has 3 rings (SSSR count). The summed E-state index contributed by atoms with van der Waals surface area (Å²) < 4.78 is 26.7. The lowest BCUT2D eigenvalue weighted by Crippen LogP contribution is -2.12. The Morgan fingerprint density at radius 3 is 2.57 bits per heavy atom. The molecule has 1 aromatic carbocycles. The monoisotopic (exact) mass is 320 g/mol. The van der Waals surface area contributed by atoms with E-state index >= 15 is 0 Å². The van der Waals surface area contributed by atoms with Crippen LogP contribution >= 0.6 is 11.6 Å². The van der Waals surface area contributed by atoms with Gasteiger partial charge < -0.3 is 0 Å². The lowest BCUT2D eigenvalue weighted by molar-refractivity contribution is 0.588. The summed E-state index contributed by atoms with van der Waals surface area (Å²) in [6.07, 6.45) is 3.80. The van der Waals surface area contributed by atoms with E-state index in [0.717, 1.165) is 5.56 Å². The molecule has 0 aliphatic carbocycles. The van der Waals surface area contributed by atoms with E-state index < -0.39 is 10.0 Å². The molecule has 4 nitrogen and oxygen atoms in total. The summed E-state index contributed by atoms with van der Waals surface area (Å²) in [4.78, 5) is 4.43. The Morgan fingerprint density at radius 2 is 1.90 bits per heavy atom. The number of aryl methyl sites for hydroxylation is 1. The zero-order chi connectivity index (χ0) is 15.0. The highest BCUT2D eigenvalue weighted by molar-refractivity contribution is 7.90. The van der Waals surface area contributed by atoms with Crippen molar-refractivity contribution < 1.29 is 8.42 Å². The van der Waals surface area contributed by atoms with E-state index in [1.165, 1.54) is 10.2 Å². The second kappa shape index (κ2) is 5.16. The van der Waals surface area contributed by atoms with Crippen molar-refractivity contribution in [3.63, 3.8) is 0 Å². The number of fused-ring (bicyclic) bond motifs is 1. The summed E-state index contributed by atoms with van der Waals surface area (Å²) in [6, 6.07) is 9.97. The zero-order valence-electron chi connectivity index (χ0n) is 11.3. The molecule has 21 heavy (non-hydrogen) atoms. The molecule has 0 saturated heterocycles. The Bertz CT molecular complexity index is 902. The normalized spacial score (nSPS) is 11.9. The van der Waals surface area contributed by atoms with E-state index in [0.29, 0.717) is 22.5 Å². The number of rotatable bonds is 3. The molecule has 3 aromatic rings. The van der Waals surface area contributed by atoms with Crippen molar-refractivity contribution in [2.45, 2.75) is 18.2 Å². The predicted octanol–water partition coefficient (Wildman–Crippen LogP) is 3.49. The fourth-order valence-corrected chi connectivity index (χ4v) is 3.94. The van der Waals surface area contributed by atoms with E-state index in [4.69, 9.17) is 11.6 Å². The Balaban J connectivity index is 2.34. The predicted molar refractivity (Wildman–Crippen MR) is 83.1 cm³/mol. The second-order valence-electron chi connectivity index (χ2n) is 4.61. The zero-order valence-corrected chi connectivity index (χ0v) is 12.9. The first-order chi connectivity index (χ1) is 10.1. The molecule has 0 bridgehead atoms. The number of hydrogen-bond acceptors (Lipinski definition) is 3. The minimum atomic E-state index is -3.68. The van der Waals surface area contributed by atoms with Crippen LogP contribution in [0.25, 0.3) is 11.0 Å². The molecule has 0 unspecified atom stereocenters. The summed E-state index contributed by atoms with van der Waals surface area (Å²) in [7, 11) is -3.68.